The second-order valence-corrected chi connectivity index (χ2v) is 4.72. The molecule has 0 unspecified atom stereocenters. The number of imidazole rings is 1. The third kappa shape index (κ3) is 3.60. The van der Waals surface area contributed by atoms with Crippen molar-refractivity contribution >= 4 is 11.5 Å². The molecule has 0 atom stereocenters. The van der Waals surface area contributed by atoms with Crippen molar-refractivity contribution in [3.63, 3.8) is 0 Å². The molecule has 23 heavy (non-hydrogen) atoms. The molecule has 3 rings (SSSR count). The highest BCUT2D eigenvalue weighted by Gasteiger charge is 2.09. The lowest BCUT2D eigenvalue weighted by Gasteiger charge is -2.11. The van der Waals surface area contributed by atoms with Crippen LogP contribution in [0, 0.1) is 6.92 Å². The highest BCUT2D eigenvalue weighted by atomic mass is 19.3. The van der Waals surface area contributed by atoms with Gasteiger partial charge in [0, 0.05) is 30.2 Å². The van der Waals surface area contributed by atoms with E-state index in [0.717, 1.165) is 0 Å². The fraction of sp³-hybridized carbons (Fsp3) is 0.133. The Morgan fingerprint density at radius 2 is 2.09 bits per heavy atom. The molecular weight excluding hydrogens is 304 g/mol. The number of halogens is 2. The molecule has 0 saturated carbocycles. The van der Waals surface area contributed by atoms with Gasteiger partial charge in [-0.1, -0.05) is 6.07 Å². The van der Waals surface area contributed by atoms with Crippen molar-refractivity contribution < 1.29 is 13.5 Å². The van der Waals surface area contributed by atoms with Crippen LogP contribution in [0.4, 0.5) is 20.3 Å². The van der Waals surface area contributed by atoms with Gasteiger partial charge >= 0.3 is 6.61 Å². The molecule has 0 spiro atoms. The number of hydrogen-bond acceptors (Lipinski definition) is 5. The second kappa shape index (κ2) is 6.39. The van der Waals surface area contributed by atoms with E-state index in [2.05, 4.69) is 25.0 Å². The summed E-state index contributed by atoms with van der Waals surface area (Å²) < 4.78 is 31.0. The number of nitrogens with one attached hydrogen (secondary N) is 1. The molecule has 3 aromatic rings. The number of aryl methyl sites for hydroxylation is 1. The van der Waals surface area contributed by atoms with Crippen molar-refractivity contribution in [1.29, 1.82) is 0 Å². The minimum absolute atomic E-state index is 0.119. The summed E-state index contributed by atoms with van der Waals surface area (Å²) in [7, 11) is 0. The van der Waals surface area contributed by atoms with E-state index >= 15 is 0 Å². The van der Waals surface area contributed by atoms with Crippen LogP contribution in [0.15, 0.2) is 49.3 Å². The van der Waals surface area contributed by atoms with E-state index in [9.17, 15) is 8.78 Å². The third-order valence-electron chi connectivity index (χ3n) is 3.10. The van der Waals surface area contributed by atoms with Gasteiger partial charge in [-0.25, -0.2) is 15.0 Å². The molecule has 0 saturated heterocycles. The zero-order chi connectivity index (χ0) is 16.2. The van der Waals surface area contributed by atoms with Gasteiger partial charge in [-0.2, -0.15) is 8.78 Å². The quantitative estimate of drug-likeness (QED) is 0.782. The SMILES string of the molecule is Cc1ccc(Nc2cc(-n3ccnc3)ncn2)cc1OC(F)F. The van der Waals surface area contributed by atoms with Crippen LogP contribution in [-0.2, 0) is 0 Å². The summed E-state index contributed by atoms with van der Waals surface area (Å²) >= 11 is 0. The molecule has 0 aliphatic heterocycles. The molecule has 8 heteroatoms. The summed E-state index contributed by atoms with van der Waals surface area (Å²) in [6.45, 7) is -1.17. The van der Waals surface area contributed by atoms with Crippen LogP contribution in [0.25, 0.3) is 5.82 Å². The van der Waals surface area contributed by atoms with Crippen LogP contribution in [0.1, 0.15) is 5.56 Å². The maximum Gasteiger partial charge on any atom is 0.387 e. The van der Waals surface area contributed by atoms with Crippen molar-refractivity contribution in [2.24, 2.45) is 0 Å². The summed E-state index contributed by atoms with van der Waals surface area (Å²) in [6.07, 6.45) is 6.42. The predicted octanol–water partition coefficient (Wildman–Crippen LogP) is 3.32. The van der Waals surface area contributed by atoms with Gasteiger partial charge in [0.05, 0.1) is 0 Å². The molecule has 0 fully saturated rings. The van der Waals surface area contributed by atoms with Crippen LogP contribution in [0.5, 0.6) is 5.75 Å². The average Bonchev–Trinajstić information content (AvgIpc) is 3.05. The Labute approximate surface area is 130 Å². The molecule has 118 valence electrons. The predicted molar refractivity (Wildman–Crippen MR) is 80.2 cm³/mol. The van der Waals surface area contributed by atoms with Gasteiger partial charge in [-0.05, 0) is 18.6 Å². The lowest BCUT2D eigenvalue weighted by atomic mass is 10.2. The molecule has 0 aliphatic rings. The first-order chi connectivity index (χ1) is 11.1. The van der Waals surface area contributed by atoms with Crippen LogP contribution in [-0.4, -0.2) is 26.1 Å². The monoisotopic (exact) mass is 317 g/mol. The van der Waals surface area contributed by atoms with E-state index in [1.807, 2.05) is 0 Å². The van der Waals surface area contributed by atoms with Crippen LogP contribution in [0.2, 0.25) is 0 Å². The van der Waals surface area contributed by atoms with Gasteiger partial charge in [0.1, 0.15) is 30.0 Å². The molecule has 2 heterocycles. The van der Waals surface area contributed by atoms with E-state index < -0.39 is 6.61 Å². The average molecular weight is 317 g/mol. The number of hydrogen-bond donors (Lipinski definition) is 1. The summed E-state index contributed by atoms with van der Waals surface area (Å²) in [6, 6.07) is 6.67. The lowest BCUT2D eigenvalue weighted by Crippen LogP contribution is -2.04. The molecule has 6 nitrogen and oxygen atoms in total. The molecule has 0 radical (unpaired) electrons. The summed E-state index contributed by atoms with van der Waals surface area (Å²) in [4.78, 5) is 12.2. The molecule has 2 aromatic heterocycles. The van der Waals surface area contributed by atoms with Crippen molar-refractivity contribution in [2.75, 3.05) is 5.32 Å². The van der Waals surface area contributed by atoms with Crippen molar-refractivity contribution in [3.05, 3.63) is 54.9 Å². The normalized spacial score (nSPS) is 10.8. The Morgan fingerprint density at radius 1 is 1.22 bits per heavy atom. The van der Waals surface area contributed by atoms with Gasteiger partial charge in [-0.3, -0.25) is 4.57 Å². The van der Waals surface area contributed by atoms with Gasteiger partial charge in [0.15, 0.2) is 0 Å². The van der Waals surface area contributed by atoms with E-state index in [0.29, 0.717) is 22.9 Å². The summed E-state index contributed by atoms with van der Waals surface area (Å²) in [5, 5.41) is 3.04. The smallest absolute Gasteiger partial charge is 0.387 e. The van der Waals surface area contributed by atoms with Gasteiger partial charge in [-0.15, -0.1) is 0 Å². The van der Waals surface area contributed by atoms with Gasteiger partial charge in [0.2, 0.25) is 0 Å². The van der Waals surface area contributed by atoms with Crippen molar-refractivity contribution in [1.82, 2.24) is 19.5 Å². The number of aromatic nitrogens is 4. The Balaban J connectivity index is 1.83. The number of rotatable bonds is 5. The molecule has 1 aromatic carbocycles. The third-order valence-corrected chi connectivity index (χ3v) is 3.10. The van der Waals surface area contributed by atoms with E-state index in [-0.39, 0.29) is 5.75 Å². The first-order valence-corrected chi connectivity index (χ1v) is 6.74. The van der Waals surface area contributed by atoms with Crippen LogP contribution >= 0.6 is 0 Å². The van der Waals surface area contributed by atoms with E-state index in [4.69, 9.17) is 0 Å². The number of alkyl halides is 2. The minimum Gasteiger partial charge on any atom is -0.434 e. The second-order valence-electron chi connectivity index (χ2n) is 4.72. The Morgan fingerprint density at radius 3 is 2.83 bits per heavy atom. The Hall–Kier alpha value is -3.03. The van der Waals surface area contributed by atoms with Crippen LogP contribution in [0.3, 0.4) is 0 Å². The summed E-state index contributed by atoms with van der Waals surface area (Å²) in [5.41, 5.74) is 1.21. The molecular formula is C15H13F2N5O. The zero-order valence-corrected chi connectivity index (χ0v) is 12.1. The minimum atomic E-state index is -2.86. The zero-order valence-electron chi connectivity index (χ0n) is 12.1. The van der Waals surface area contributed by atoms with E-state index in [1.54, 1.807) is 48.4 Å². The fourth-order valence-electron chi connectivity index (χ4n) is 2.00. The first kappa shape index (κ1) is 14.9. The van der Waals surface area contributed by atoms with Crippen molar-refractivity contribution in [2.45, 2.75) is 13.5 Å². The highest BCUT2D eigenvalue weighted by molar-refractivity contribution is 5.60. The number of ether oxygens (including phenoxy) is 1. The molecule has 0 bridgehead atoms. The first-order valence-electron chi connectivity index (χ1n) is 6.74. The Bertz CT molecular complexity index is 792. The number of anilines is 2. The molecule has 1 N–H and O–H groups in total. The topological polar surface area (TPSA) is 64.9 Å². The van der Waals surface area contributed by atoms with Gasteiger partial charge < -0.3 is 10.1 Å². The largest absolute Gasteiger partial charge is 0.434 e. The van der Waals surface area contributed by atoms with Crippen molar-refractivity contribution in [3.8, 4) is 11.6 Å². The van der Waals surface area contributed by atoms with Gasteiger partial charge in [0.25, 0.3) is 0 Å². The van der Waals surface area contributed by atoms with Crippen LogP contribution < -0.4 is 10.1 Å². The van der Waals surface area contributed by atoms with E-state index in [1.165, 1.54) is 12.4 Å². The maximum atomic E-state index is 12.4. The molecule has 0 amide bonds. The molecule has 0 aliphatic carbocycles. The Kier molecular flexibility index (Phi) is 4.13. The summed E-state index contributed by atoms with van der Waals surface area (Å²) in [5.74, 6) is 1.28. The lowest BCUT2D eigenvalue weighted by molar-refractivity contribution is -0.0502. The highest BCUT2D eigenvalue weighted by Crippen LogP contribution is 2.26. The number of nitrogens with zero attached hydrogens (tertiary/aromatic N) is 4. The maximum absolute atomic E-state index is 12.4. The fourth-order valence-corrected chi connectivity index (χ4v) is 2.00. The standard InChI is InChI=1S/C15H13F2N5O/c1-10-2-3-11(6-12(10)23-15(16)17)21-13-7-14(20-8-19-13)22-5-4-18-9-22/h2-9,15H,1H3,(H,19,20,21). The number of benzene rings is 1.